The van der Waals surface area contributed by atoms with Gasteiger partial charge in [-0.1, -0.05) is 23.7 Å². The highest BCUT2D eigenvalue weighted by Crippen LogP contribution is 2.30. The van der Waals surface area contributed by atoms with Crippen LogP contribution in [0, 0.1) is 0 Å². The Bertz CT molecular complexity index is 910. The molecule has 0 saturated carbocycles. The number of hydrogen-bond donors (Lipinski definition) is 0. The Morgan fingerprint density at radius 2 is 1.92 bits per heavy atom. The van der Waals surface area contributed by atoms with Crippen LogP contribution in [0.2, 0.25) is 5.02 Å². The fourth-order valence-electron chi connectivity index (χ4n) is 2.52. The molecule has 0 amide bonds. The molecular weight excluding hydrogens is 340 g/mol. The Morgan fingerprint density at radius 1 is 1.12 bits per heavy atom. The average molecular weight is 357 g/mol. The molecule has 5 nitrogen and oxygen atoms in total. The van der Waals surface area contributed by atoms with Gasteiger partial charge in [0.25, 0.3) is 0 Å². The summed E-state index contributed by atoms with van der Waals surface area (Å²) in [5.74, 6) is -0.474. The largest absolute Gasteiger partial charge is 0.462 e. The van der Waals surface area contributed by atoms with E-state index < -0.39 is 5.97 Å². The van der Waals surface area contributed by atoms with Crippen LogP contribution in [0.4, 0.5) is 0 Å². The molecule has 1 aromatic carbocycles. The van der Waals surface area contributed by atoms with Gasteiger partial charge in [-0.3, -0.25) is 9.97 Å². The molecule has 3 rings (SSSR count). The maximum absolute atomic E-state index is 12.0. The molecule has 0 aliphatic carbocycles. The van der Waals surface area contributed by atoms with Gasteiger partial charge in [-0.2, -0.15) is 0 Å². The monoisotopic (exact) mass is 356 g/mol. The Balaban J connectivity index is 2.03. The summed E-state index contributed by atoms with van der Waals surface area (Å²) in [4.78, 5) is 20.7. The normalized spacial score (nSPS) is 10.8. The Kier molecular flexibility index (Phi) is 5.26. The molecule has 0 saturated heterocycles. The third-order valence-corrected chi connectivity index (χ3v) is 4.16. The van der Waals surface area contributed by atoms with Crippen LogP contribution in [0.1, 0.15) is 23.0 Å². The van der Waals surface area contributed by atoms with E-state index in [1.807, 2.05) is 30.3 Å². The van der Waals surface area contributed by atoms with Crippen molar-refractivity contribution in [2.45, 2.75) is 13.5 Å². The summed E-state index contributed by atoms with van der Waals surface area (Å²) in [6.07, 6.45) is 3.23. The molecule has 3 aromatic rings. The minimum atomic E-state index is -0.474. The lowest BCUT2D eigenvalue weighted by molar-refractivity contribution is 0.0526. The van der Waals surface area contributed by atoms with Gasteiger partial charge in [0.1, 0.15) is 0 Å². The van der Waals surface area contributed by atoms with Crippen LogP contribution in [-0.2, 0) is 16.1 Å². The summed E-state index contributed by atoms with van der Waals surface area (Å²) < 4.78 is 10.1. The molecule has 0 aliphatic heterocycles. The molecule has 6 heteroatoms. The number of benzene rings is 1. The van der Waals surface area contributed by atoms with Crippen molar-refractivity contribution in [1.82, 2.24) is 9.97 Å². The summed E-state index contributed by atoms with van der Waals surface area (Å²) >= 11 is 6.43. The molecule has 0 spiro atoms. The van der Waals surface area contributed by atoms with Crippen molar-refractivity contribution in [2.75, 3.05) is 13.7 Å². The van der Waals surface area contributed by atoms with Crippen LogP contribution in [0.15, 0.2) is 42.7 Å². The zero-order chi connectivity index (χ0) is 17.8. The number of carbonyl (C=O) groups excluding carboxylic acids is 1. The van der Waals surface area contributed by atoms with Crippen molar-refractivity contribution < 1.29 is 14.3 Å². The minimum Gasteiger partial charge on any atom is -0.462 e. The molecule has 128 valence electrons. The van der Waals surface area contributed by atoms with Crippen LogP contribution < -0.4 is 0 Å². The van der Waals surface area contributed by atoms with Gasteiger partial charge in [0.05, 0.1) is 35.0 Å². The maximum Gasteiger partial charge on any atom is 0.341 e. The first-order valence-electron chi connectivity index (χ1n) is 7.83. The first-order valence-corrected chi connectivity index (χ1v) is 8.21. The van der Waals surface area contributed by atoms with Crippen molar-refractivity contribution in [3.8, 4) is 11.1 Å². The molecule has 2 aromatic heterocycles. The Hall–Kier alpha value is -2.50. The predicted molar refractivity (Wildman–Crippen MR) is 96.7 cm³/mol. The zero-order valence-electron chi connectivity index (χ0n) is 14.0. The van der Waals surface area contributed by atoms with E-state index in [0.717, 1.165) is 16.8 Å². The molecule has 0 N–H and O–H groups in total. The van der Waals surface area contributed by atoms with Crippen molar-refractivity contribution >= 4 is 28.5 Å². The third-order valence-electron chi connectivity index (χ3n) is 3.75. The van der Waals surface area contributed by atoms with Crippen molar-refractivity contribution in [1.29, 1.82) is 0 Å². The Labute approximate surface area is 150 Å². The standard InChI is InChI=1S/C19H17ClN2O3/c1-3-25-19(23)16-10-22-17-7-5-12(8-15(17)18(16)20)13-4-6-14(11-24-2)21-9-13/h4-10H,3,11H2,1-2H3. The minimum absolute atomic E-state index is 0.265. The van der Waals surface area contributed by atoms with E-state index in [1.54, 1.807) is 20.2 Å². The van der Waals surface area contributed by atoms with Crippen molar-refractivity contribution in [2.24, 2.45) is 0 Å². The van der Waals surface area contributed by atoms with Gasteiger partial charge < -0.3 is 9.47 Å². The lowest BCUT2D eigenvalue weighted by Crippen LogP contribution is -2.06. The maximum atomic E-state index is 12.0. The fraction of sp³-hybridized carbons (Fsp3) is 0.211. The number of pyridine rings is 2. The summed E-state index contributed by atoms with van der Waals surface area (Å²) in [7, 11) is 1.63. The van der Waals surface area contributed by atoms with Crippen LogP contribution >= 0.6 is 11.6 Å². The predicted octanol–water partition coefficient (Wildman–Crippen LogP) is 4.27. The van der Waals surface area contributed by atoms with Crippen LogP contribution in [-0.4, -0.2) is 29.7 Å². The van der Waals surface area contributed by atoms with Gasteiger partial charge in [0.2, 0.25) is 0 Å². The second-order valence-electron chi connectivity index (χ2n) is 5.41. The number of methoxy groups -OCH3 is 1. The van der Waals surface area contributed by atoms with E-state index >= 15 is 0 Å². The first-order chi connectivity index (χ1) is 12.1. The highest BCUT2D eigenvalue weighted by Gasteiger charge is 2.15. The quantitative estimate of drug-likeness (QED) is 0.639. The summed E-state index contributed by atoms with van der Waals surface area (Å²) in [5.41, 5.74) is 3.72. The lowest BCUT2D eigenvalue weighted by Gasteiger charge is -2.09. The van der Waals surface area contributed by atoms with E-state index in [2.05, 4.69) is 9.97 Å². The fourth-order valence-corrected chi connectivity index (χ4v) is 2.80. The van der Waals surface area contributed by atoms with Gasteiger partial charge in [0.15, 0.2) is 0 Å². The third kappa shape index (κ3) is 3.62. The molecule has 2 heterocycles. The number of rotatable bonds is 5. The summed E-state index contributed by atoms with van der Waals surface area (Å²) in [6, 6.07) is 9.61. The molecular formula is C19H17ClN2O3. The Morgan fingerprint density at radius 3 is 2.60 bits per heavy atom. The SMILES string of the molecule is CCOC(=O)c1cnc2ccc(-c3ccc(COC)nc3)cc2c1Cl. The zero-order valence-corrected chi connectivity index (χ0v) is 14.7. The molecule has 0 atom stereocenters. The van der Waals surface area contributed by atoms with Gasteiger partial charge in [-0.05, 0) is 30.7 Å². The number of ether oxygens (including phenoxy) is 2. The van der Waals surface area contributed by atoms with E-state index in [-0.39, 0.29) is 12.2 Å². The molecule has 0 unspecified atom stereocenters. The second kappa shape index (κ2) is 7.59. The van der Waals surface area contributed by atoms with Crippen LogP contribution in [0.5, 0.6) is 0 Å². The average Bonchev–Trinajstić information content (AvgIpc) is 2.63. The van der Waals surface area contributed by atoms with Crippen LogP contribution in [0.3, 0.4) is 0 Å². The summed E-state index contributed by atoms with van der Waals surface area (Å²) in [6.45, 7) is 2.50. The summed E-state index contributed by atoms with van der Waals surface area (Å²) in [5, 5.41) is 1.04. The van der Waals surface area contributed by atoms with Gasteiger partial charge >= 0.3 is 5.97 Å². The number of aromatic nitrogens is 2. The molecule has 0 radical (unpaired) electrons. The lowest BCUT2D eigenvalue weighted by atomic mass is 10.0. The molecule has 0 bridgehead atoms. The van der Waals surface area contributed by atoms with Gasteiger partial charge in [0, 0.05) is 30.5 Å². The number of nitrogens with zero attached hydrogens (tertiary/aromatic N) is 2. The van der Waals surface area contributed by atoms with E-state index in [9.17, 15) is 4.79 Å². The first kappa shape index (κ1) is 17.3. The highest BCUT2D eigenvalue weighted by atomic mass is 35.5. The van der Waals surface area contributed by atoms with Gasteiger partial charge in [-0.15, -0.1) is 0 Å². The number of hydrogen-bond acceptors (Lipinski definition) is 5. The topological polar surface area (TPSA) is 61.3 Å². The second-order valence-corrected chi connectivity index (χ2v) is 5.79. The van der Waals surface area contributed by atoms with Gasteiger partial charge in [-0.25, -0.2) is 4.79 Å². The molecule has 0 aliphatic rings. The van der Waals surface area contributed by atoms with E-state index in [1.165, 1.54) is 6.20 Å². The smallest absolute Gasteiger partial charge is 0.341 e. The number of fused-ring (bicyclic) bond motifs is 1. The van der Waals surface area contributed by atoms with E-state index in [4.69, 9.17) is 21.1 Å². The van der Waals surface area contributed by atoms with Crippen LogP contribution in [0.25, 0.3) is 22.0 Å². The van der Waals surface area contributed by atoms with Crippen molar-refractivity contribution in [3.05, 3.63) is 59.0 Å². The number of carbonyl (C=O) groups is 1. The van der Waals surface area contributed by atoms with Crippen molar-refractivity contribution in [3.63, 3.8) is 0 Å². The molecule has 0 fully saturated rings. The van der Waals surface area contributed by atoms with E-state index in [0.29, 0.717) is 22.5 Å². The number of esters is 1. The highest BCUT2D eigenvalue weighted by molar-refractivity contribution is 6.38. The molecule has 25 heavy (non-hydrogen) atoms. The number of halogens is 1.